The van der Waals surface area contributed by atoms with Crippen molar-refractivity contribution in [2.75, 3.05) is 26.2 Å². The van der Waals surface area contributed by atoms with Crippen LogP contribution in [0.3, 0.4) is 0 Å². The molecule has 1 heterocycles. The van der Waals surface area contributed by atoms with E-state index in [-0.39, 0.29) is 18.9 Å². The fourth-order valence-corrected chi connectivity index (χ4v) is 1.92. The second-order valence-corrected chi connectivity index (χ2v) is 4.20. The first-order chi connectivity index (χ1) is 8.02. The van der Waals surface area contributed by atoms with Gasteiger partial charge in [0.2, 0.25) is 5.91 Å². The van der Waals surface area contributed by atoms with Gasteiger partial charge in [0.15, 0.2) is 5.66 Å². The van der Waals surface area contributed by atoms with Gasteiger partial charge in [0, 0.05) is 13.1 Å². The lowest BCUT2D eigenvalue weighted by Gasteiger charge is -2.40. The number of carboxylic acids is 1. The van der Waals surface area contributed by atoms with Gasteiger partial charge in [0.25, 0.3) is 0 Å². The van der Waals surface area contributed by atoms with Crippen molar-refractivity contribution < 1.29 is 14.7 Å². The summed E-state index contributed by atoms with van der Waals surface area (Å²) >= 11 is 0. The maximum absolute atomic E-state index is 11.7. The number of carbonyl (C=O) groups is 2. The zero-order valence-corrected chi connectivity index (χ0v) is 9.82. The lowest BCUT2D eigenvalue weighted by molar-refractivity contribution is -0.160. The summed E-state index contributed by atoms with van der Waals surface area (Å²) in [6.45, 7) is 1.52. The van der Waals surface area contributed by atoms with Crippen molar-refractivity contribution in [1.82, 2.24) is 10.2 Å². The molecule has 98 valence electrons. The third-order valence-electron chi connectivity index (χ3n) is 2.95. The van der Waals surface area contributed by atoms with Crippen LogP contribution in [0.1, 0.15) is 19.3 Å². The third kappa shape index (κ3) is 3.15. The minimum Gasteiger partial charge on any atom is -0.478 e. The minimum atomic E-state index is -1.60. The molecule has 0 aromatic heterocycles. The van der Waals surface area contributed by atoms with Gasteiger partial charge in [-0.1, -0.05) is 0 Å². The topological polar surface area (TPSA) is 122 Å². The van der Waals surface area contributed by atoms with E-state index in [2.05, 4.69) is 5.32 Å². The first kappa shape index (κ1) is 13.9. The van der Waals surface area contributed by atoms with Crippen molar-refractivity contribution in [2.24, 2.45) is 11.5 Å². The third-order valence-corrected chi connectivity index (χ3v) is 2.95. The molecule has 1 atom stereocenters. The van der Waals surface area contributed by atoms with Gasteiger partial charge < -0.3 is 21.1 Å². The molecule has 1 aliphatic rings. The number of piperazine rings is 1. The SMILES string of the molecule is NCCCC[C@](N)(C(=O)O)N1CCNCC1=O. The number of amides is 1. The summed E-state index contributed by atoms with van der Waals surface area (Å²) in [6, 6.07) is 0. The van der Waals surface area contributed by atoms with Gasteiger partial charge in [0.05, 0.1) is 6.54 Å². The molecule has 1 saturated heterocycles. The minimum absolute atomic E-state index is 0.142. The Kier molecular flexibility index (Phi) is 4.86. The number of rotatable bonds is 6. The van der Waals surface area contributed by atoms with Crippen molar-refractivity contribution in [3.8, 4) is 0 Å². The molecule has 6 N–H and O–H groups in total. The molecule has 0 spiro atoms. The Hall–Kier alpha value is -1.18. The fourth-order valence-electron chi connectivity index (χ4n) is 1.92. The van der Waals surface area contributed by atoms with E-state index in [9.17, 15) is 14.7 Å². The van der Waals surface area contributed by atoms with Crippen molar-refractivity contribution in [2.45, 2.75) is 24.9 Å². The normalized spacial score (nSPS) is 20.1. The fraction of sp³-hybridized carbons (Fsp3) is 0.800. The number of nitrogens with one attached hydrogen (secondary N) is 1. The first-order valence-corrected chi connectivity index (χ1v) is 5.76. The van der Waals surface area contributed by atoms with Gasteiger partial charge in [-0.3, -0.25) is 10.5 Å². The number of carboxylic acid groups (broad SMARTS) is 1. The zero-order valence-electron chi connectivity index (χ0n) is 9.82. The summed E-state index contributed by atoms with van der Waals surface area (Å²) in [6.07, 6.45) is 1.52. The van der Waals surface area contributed by atoms with Crippen LogP contribution in [-0.2, 0) is 9.59 Å². The highest BCUT2D eigenvalue weighted by molar-refractivity contribution is 5.87. The molecule has 0 saturated carbocycles. The van der Waals surface area contributed by atoms with Gasteiger partial charge in [-0.05, 0) is 25.8 Å². The predicted molar refractivity (Wildman–Crippen MR) is 62.0 cm³/mol. The van der Waals surface area contributed by atoms with E-state index in [1.165, 1.54) is 4.90 Å². The summed E-state index contributed by atoms with van der Waals surface area (Å²) in [4.78, 5) is 24.2. The Morgan fingerprint density at radius 1 is 1.53 bits per heavy atom. The Balaban J connectivity index is 2.74. The molecule has 0 unspecified atom stereocenters. The van der Waals surface area contributed by atoms with E-state index in [0.29, 0.717) is 32.5 Å². The molecule has 0 bridgehead atoms. The van der Waals surface area contributed by atoms with E-state index in [1.807, 2.05) is 0 Å². The van der Waals surface area contributed by atoms with Crippen LogP contribution in [0.5, 0.6) is 0 Å². The number of carbonyl (C=O) groups excluding carboxylic acids is 1. The van der Waals surface area contributed by atoms with Crippen LogP contribution in [0.4, 0.5) is 0 Å². The van der Waals surface area contributed by atoms with E-state index in [1.54, 1.807) is 0 Å². The van der Waals surface area contributed by atoms with Crippen molar-refractivity contribution in [3.63, 3.8) is 0 Å². The van der Waals surface area contributed by atoms with Gasteiger partial charge >= 0.3 is 5.97 Å². The van der Waals surface area contributed by atoms with E-state index in [4.69, 9.17) is 11.5 Å². The molecule has 1 aliphatic heterocycles. The lowest BCUT2D eigenvalue weighted by atomic mass is 10.00. The van der Waals surface area contributed by atoms with E-state index < -0.39 is 11.6 Å². The smallest absolute Gasteiger partial charge is 0.344 e. The van der Waals surface area contributed by atoms with Crippen molar-refractivity contribution >= 4 is 11.9 Å². The number of hydrogen-bond donors (Lipinski definition) is 4. The van der Waals surface area contributed by atoms with Crippen molar-refractivity contribution in [3.05, 3.63) is 0 Å². The summed E-state index contributed by atoms with van der Waals surface area (Å²) in [5.41, 5.74) is 9.64. The number of unbranched alkanes of at least 4 members (excludes halogenated alkanes) is 1. The second-order valence-electron chi connectivity index (χ2n) is 4.20. The molecule has 0 aliphatic carbocycles. The highest BCUT2D eigenvalue weighted by Crippen LogP contribution is 2.18. The van der Waals surface area contributed by atoms with Crippen LogP contribution >= 0.6 is 0 Å². The number of aliphatic carboxylic acids is 1. The Morgan fingerprint density at radius 2 is 2.24 bits per heavy atom. The first-order valence-electron chi connectivity index (χ1n) is 5.76. The lowest BCUT2D eigenvalue weighted by Crippen LogP contribution is -2.67. The quantitative estimate of drug-likeness (QED) is 0.413. The summed E-state index contributed by atoms with van der Waals surface area (Å²) in [7, 11) is 0. The van der Waals surface area contributed by atoms with Gasteiger partial charge in [-0.15, -0.1) is 0 Å². The maximum atomic E-state index is 11.7. The molecule has 0 aromatic rings. The average Bonchev–Trinajstić information content (AvgIpc) is 2.29. The number of hydrogen-bond acceptors (Lipinski definition) is 5. The van der Waals surface area contributed by atoms with Crippen LogP contribution < -0.4 is 16.8 Å². The van der Waals surface area contributed by atoms with Crippen LogP contribution in [-0.4, -0.2) is 53.7 Å². The van der Waals surface area contributed by atoms with E-state index >= 15 is 0 Å². The molecule has 0 aromatic carbocycles. The molecule has 17 heavy (non-hydrogen) atoms. The molecule has 1 rings (SSSR count). The van der Waals surface area contributed by atoms with Crippen LogP contribution in [0, 0.1) is 0 Å². The van der Waals surface area contributed by atoms with Crippen molar-refractivity contribution in [1.29, 1.82) is 0 Å². The average molecular weight is 244 g/mol. The number of nitrogens with two attached hydrogens (primary N) is 2. The molecular weight excluding hydrogens is 224 g/mol. The number of nitrogens with zero attached hydrogens (tertiary/aromatic N) is 1. The standard InChI is InChI=1S/C10H20N4O3/c11-4-2-1-3-10(12,9(16)17)14-6-5-13-7-8(14)15/h13H,1-7,11-12H2,(H,16,17)/t10-/m1/s1. The molecule has 7 nitrogen and oxygen atoms in total. The summed E-state index contributed by atoms with van der Waals surface area (Å²) in [5.74, 6) is -1.43. The van der Waals surface area contributed by atoms with Gasteiger partial charge in [0.1, 0.15) is 0 Å². The summed E-state index contributed by atoms with van der Waals surface area (Å²) < 4.78 is 0. The Bertz CT molecular complexity index is 297. The Labute approximate surface area is 100 Å². The molecule has 7 heteroatoms. The zero-order chi connectivity index (χ0) is 12.9. The second kappa shape index (κ2) is 5.95. The van der Waals surface area contributed by atoms with Crippen LogP contribution in [0.25, 0.3) is 0 Å². The molecular formula is C10H20N4O3. The maximum Gasteiger partial charge on any atom is 0.344 e. The predicted octanol–water partition coefficient (Wildman–Crippen LogP) is -1.71. The monoisotopic (exact) mass is 244 g/mol. The highest BCUT2D eigenvalue weighted by Gasteiger charge is 2.43. The largest absolute Gasteiger partial charge is 0.478 e. The Morgan fingerprint density at radius 3 is 2.76 bits per heavy atom. The molecule has 1 fully saturated rings. The summed E-state index contributed by atoms with van der Waals surface area (Å²) in [5, 5.41) is 12.1. The van der Waals surface area contributed by atoms with Crippen LogP contribution in [0.2, 0.25) is 0 Å². The van der Waals surface area contributed by atoms with Gasteiger partial charge in [-0.2, -0.15) is 0 Å². The van der Waals surface area contributed by atoms with Crippen LogP contribution in [0.15, 0.2) is 0 Å². The molecule has 1 amide bonds. The highest BCUT2D eigenvalue weighted by atomic mass is 16.4. The molecule has 0 radical (unpaired) electrons. The van der Waals surface area contributed by atoms with E-state index in [0.717, 1.165) is 0 Å². The van der Waals surface area contributed by atoms with Gasteiger partial charge in [-0.25, -0.2) is 4.79 Å².